The molecule has 1 amide bonds. The molecule has 7 nitrogen and oxygen atoms in total. The molecule has 0 bridgehead atoms. The summed E-state index contributed by atoms with van der Waals surface area (Å²) >= 11 is 0. The molecule has 2 unspecified atom stereocenters. The summed E-state index contributed by atoms with van der Waals surface area (Å²) in [4.78, 5) is 24.0. The smallest absolute Gasteiger partial charge is 0.251 e. The van der Waals surface area contributed by atoms with E-state index in [1.807, 2.05) is 45.6 Å². The lowest BCUT2D eigenvalue weighted by molar-refractivity contribution is -0.134. The van der Waals surface area contributed by atoms with Crippen molar-refractivity contribution in [3.05, 3.63) is 34.4 Å². The number of nitrogens with two attached hydrogens (primary N) is 1. The van der Waals surface area contributed by atoms with Crippen LogP contribution in [0.2, 0.25) is 0 Å². The number of amides is 1. The van der Waals surface area contributed by atoms with Gasteiger partial charge in [0.25, 0.3) is 5.95 Å². The summed E-state index contributed by atoms with van der Waals surface area (Å²) < 4.78 is 1.75. The van der Waals surface area contributed by atoms with Crippen LogP contribution in [0.5, 0.6) is 0 Å². The van der Waals surface area contributed by atoms with Crippen molar-refractivity contribution in [2.24, 2.45) is 5.73 Å². The van der Waals surface area contributed by atoms with E-state index in [-0.39, 0.29) is 30.4 Å². The highest BCUT2D eigenvalue weighted by atomic mass is 35.5. The number of carbonyl (C=O) groups excluding carboxylic acids is 1. The first-order valence-corrected chi connectivity index (χ1v) is 9.70. The van der Waals surface area contributed by atoms with Gasteiger partial charge in [-0.1, -0.05) is 0 Å². The van der Waals surface area contributed by atoms with Crippen LogP contribution in [0.4, 0.5) is 0 Å². The molecule has 1 aliphatic rings. The van der Waals surface area contributed by atoms with Gasteiger partial charge in [0.15, 0.2) is 0 Å². The lowest BCUT2D eigenvalue weighted by Crippen LogP contribution is -2.52. The Morgan fingerprint density at radius 2 is 1.86 bits per heavy atom. The predicted molar refractivity (Wildman–Crippen MR) is 112 cm³/mol. The molecule has 3 rings (SSSR count). The Balaban J connectivity index is 0.00000280. The number of aromatic nitrogens is 4. The topological polar surface area (TPSA) is 89.9 Å². The van der Waals surface area contributed by atoms with Gasteiger partial charge in [0.1, 0.15) is 0 Å². The number of carbonyl (C=O) groups is 1. The van der Waals surface area contributed by atoms with Gasteiger partial charge in [0.05, 0.1) is 12.1 Å². The van der Waals surface area contributed by atoms with Crippen molar-refractivity contribution in [2.45, 2.75) is 72.4 Å². The maximum absolute atomic E-state index is 13.0. The number of nitrogens with zero attached hydrogens (tertiary/aromatic N) is 5. The summed E-state index contributed by atoms with van der Waals surface area (Å²) in [6.45, 7) is 10.6. The Morgan fingerprint density at radius 3 is 2.46 bits per heavy atom. The molecule has 2 N–H and O–H groups in total. The zero-order valence-corrected chi connectivity index (χ0v) is 18.2. The Labute approximate surface area is 173 Å². The van der Waals surface area contributed by atoms with E-state index in [9.17, 15) is 4.79 Å². The molecule has 1 saturated heterocycles. The van der Waals surface area contributed by atoms with Gasteiger partial charge in [-0.05, 0) is 59.9 Å². The quantitative estimate of drug-likeness (QED) is 0.842. The molecule has 2 aromatic heterocycles. The fourth-order valence-corrected chi connectivity index (χ4v) is 3.99. The number of rotatable bonds is 4. The normalized spacial score (nSPS) is 17.9. The van der Waals surface area contributed by atoms with Gasteiger partial charge in [-0.2, -0.15) is 5.10 Å². The summed E-state index contributed by atoms with van der Waals surface area (Å²) in [6, 6.07) is 2.05. The van der Waals surface area contributed by atoms with Crippen molar-refractivity contribution in [1.29, 1.82) is 0 Å². The van der Waals surface area contributed by atoms with Crippen LogP contribution in [-0.2, 0) is 11.2 Å². The fraction of sp³-hybridized carbons (Fsp3) is 0.600. The van der Waals surface area contributed by atoms with Crippen molar-refractivity contribution in [2.75, 3.05) is 6.54 Å². The highest BCUT2D eigenvalue weighted by Crippen LogP contribution is 2.23. The maximum Gasteiger partial charge on any atom is 0.251 e. The maximum atomic E-state index is 13.0. The van der Waals surface area contributed by atoms with Gasteiger partial charge < -0.3 is 10.6 Å². The zero-order valence-electron chi connectivity index (χ0n) is 17.4. The molecule has 0 radical (unpaired) electrons. The van der Waals surface area contributed by atoms with Crippen molar-refractivity contribution < 1.29 is 4.79 Å². The lowest BCUT2D eigenvalue weighted by Gasteiger charge is -2.38. The Kier molecular flexibility index (Phi) is 7.17. The summed E-state index contributed by atoms with van der Waals surface area (Å²) in [6.07, 6.45) is 3.50. The van der Waals surface area contributed by atoms with Crippen molar-refractivity contribution in [3.8, 4) is 5.95 Å². The molecule has 2 atom stereocenters. The third kappa shape index (κ3) is 4.52. The highest BCUT2D eigenvalue weighted by molar-refractivity contribution is 5.85. The van der Waals surface area contributed by atoms with Crippen molar-refractivity contribution >= 4 is 18.3 Å². The largest absolute Gasteiger partial charge is 0.338 e. The zero-order chi connectivity index (χ0) is 19.7. The van der Waals surface area contributed by atoms with Crippen LogP contribution in [0.15, 0.2) is 6.07 Å². The average Bonchev–Trinajstić information content (AvgIpc) is 2.89. The van der Waals surface area contributed by atoms with Crippen LogP contribution in [-0.4, -0.2) is 49.2 Å². The number of hydrogen-bond acceptors (Lipinski definition) is 5. The molecular weight excluding hydrogens is 376 g/mol. The molecular formula is C20H31ClN6O. The minimum Gasteiger partial charge on any atom is -0.338 e. The van der Waals surface area contributed by atoms with E-state index >= 15 is 0 Å². The van der Waals surface area contributed by atoms with E-state index in [0.717, 1.165) is 54.1 Å². The van der Waals surface area contributed by atoms with Gasteiger partial charge in [-0.25, -0.2) is 14.6 Å². The fourth-order valence-electron chi connectivity index (χ4n) is 3.99. The number of piperidine rings is 1. The Morgan fingerprint density at radius 1 is 1.21 bits per heavy atom. The molecule has 8 heteroatoms. The predicted octanol–water partition coefficient (Wildman–Crippen LogP) is 2.59. The van der Waals surface area contributed by atoms with E-state index in [1.54, 1.807) is 4.68 Å². The van der Waals surface area contributed by atoms with Gasteiger partial charge in [0.2, 0.25) is 5.91 Å². The molecule has 0 spiro atoms. The molecule has 1 aliphatic heterocycles. The number of aryl methyl sites for hydroxylation is 3. The number of likely N-dealkylation sites (tertiary alicyclic amines) is 1. The second-order valence-electron chi connectivity index (χ2n) is 7.70. The van der Waals surface area contributed by atoms with E-state index < -0.39 is 0 Å². The van der Waals surface area contributed by atoms with Crippen molar-refractivity contribution in [1.82, 2.24) is 24.6 Å². The Bertz CT molecular complexity index is 827. The molecule has 0 aromatic carbocycles. The molecule has 2 aromatic rings. The average molecular weight is 407 g/mol. The van der Waals surface area contributed by atoms with Crippen molar-refractivity contribution in [3.63, 3.8) is 0 Å². The molecule has 154 valence electrons. The van der Waals surface area contributed by atoms with E-state index in [0.29, 0.717) is 12.4 Å². The first kappa shape index (κ1) is 22.3. The summed E-state index contributed by atoms with van der Waals surface area (Å²) in [5.74, 6) is 0.683. The monoisotopic (exact) mass is 406 g/mol. The van der Waals surface area contributed by atoms with Gasteiger partial charge in [-0.15, -0.1) is 12.4 Å². The second-order valence-corrected chi connectivity index (χ2v) is 7.70. The SMILES string of the molecule is Cc1cc(C)nc(-n2nc(C)c(CC(=O)N3CCCCC3C(C)N)c2C)n1.Cl. The van der Waals surface area contributed by atoms with Gasteiger partial charge >= 0.3 is 0 Å². The minimum atomic E-state index is -0.0113. The van der Waals surface area contributed by atoms with Gasteiger partial charge in [0, 0.05) is 41.3 Å². The van der Waals surface area contributed by atoms with Crippen LogP contribution >= 0.6 is 12.4 Å². The summed E-state index contributed by atoms with van der Waals surface area (Å²) in [5.41, 5.74) is 10.6. The minimum absolute atomic E-state index is 0. The van der Waals surface area contributed by atoms with E-state index in [1.165, 1.54) is 0 Å². The third-order valence-electron chi connectivity index (χ3n) is 5.41. The van der Waals surface area contributed by atoms with Crippen LogP contribution in [0, 0.1) is 27.7 Å². The molecule has 1 fully saturated rings. The second kappa shape index (κ2) is 9.01. The number of halogens is 1. The standard InChI is InChI=1S/C20H30N6O.ClH/c1-12-10-13(2)23-20(22-12)26-16(5)17(15(4)24-26)11-19(27)25-9-7-6-8-18(25)14(3)21;/h10,14,18H,6-9,11,21H2,1-5H3;1H. The number of hydrogen-bond donors (Lipinski definition) is 1. The first-order chi connectivity index (χ1) is 12.8. The summed E-state index contributed by atoms with van der Waals surface area (Å²) in [5, 5.41) is 4.61. The molecule has 0 saturated carbocycles. The first-order valence-electron chi connectivity index (χ1n) is 9.70. The van der Waals surface area contributed by atoms with Crippen LogP contribution in [0.25, 0.3) is 5.95 Å². The Hall–Kier alpha value is -1.99. The highest BCUT2D eigenvalue weighted by Gasteiger charge is 2.30. The van der Waals surface area contributed by atoms with Gasteiger partial charge in [-0.3, -0.25) is 4.79 Å². The van der Waals surface area contributed by atoms with Crippen LogP contribution < -0.4 is 5.73 Å². The van der Waals surface area contributed by atoms with Crippen LogP contribution in [0.3, 0.4) is 0 Å². The molecule has 3 heterocycles. The van der Waals surface area contributed by atoms with E-state index in [4.69, 9.17) is 5.73 Å². The third-order valence-corrected chi connectivity index (χ3v) is 5.41. The lowest BCUT2D eigenvalue weighted by atomic mass is 9.96. The van der Waals surface area contributed by atoms with E-state index in [2.05, 4.69) is 15.1 Å². The molecule has 28 heavy (non-hydrogen) atoms. The molecule has 0 aliphatic carbocycles. The van der Waals surface area contributed by atoms with Crippen LogP contribution in [0.1, 0.15) is 54.5 Å². The summed E-state index contributed by atoms with van der Waals surface area (Å²) in [7, 11) is 0.